The van der Waals surface area contributed by atoms with Crippen LogP contribution >= 0.6 is 11.6 Å². The van der Waals surface area contributed by atoms with Gasteiger partial charge in [-0.15, -0.1) is 0 Å². The Hall–Kier alpha value is -0.770. The topological polar surface area (TPSA) is 24.5 Å². The molecular formula is C16H27ClN2O. The fourth-order valence-electron chi connectivity index (χ4n) is 2.29. The standard InChI is InChI=1S/C16H27ClN2O/c1-5-13(3)19(6-2)16-11-15(17)8-7-14(16)12-18-9-10-20-4/h7-8,11,13,18H,5-6,9-10,12H2,1-4H3. The molecule has 0 aliphatic carbocycles. The van der Waals surface area contributed by atoms with Crippen LogP contribution in [0.5, 0.6) is 0 Å². The number of hydrogen-bond donors (Lipinski definition) is 1. The molecule has 0 aliphatic rings. The van der Waals surface area contributed by atoms with Crippen LogP contribution in [-0.4, -0.2) is 32.8 Å². The molecule has 1 rings (SSSR count). The average molecular weight is 299 g/mol. The third-order valence-corrected chi connectivity index (χ3v) is 3.85. The third kappa shape index (κ3) is 4.97. The minimum atomic E-state index is 0.510. The maximum atomic E-state index is 6.18. The Balaban J connectivity index is 2.88. The summed E-state index contributed by atoms with van der Waals surface area (Å²) in [6.07, 6.45) is 1.12. The molecule has 0 bridgehead atoms. The van der Waals surface area contributed by atoms with Crippen LogP contribution in [0, 0.1) is 0 Å². The zero-order chi connectivity index (χ0) is 15.0. The van der Waals surface area contributed by atoms with E-state index in [0.29, 0.717) is 6.04 Å². The zero-order valence-corrected chi connectivity index (χ0v) is 13.8. The Morgan fingerprint density at radius 1 is 1.35 bits per heavy atom. The summed E-state index contributed by atoms with van der Waals surface area (Å²) in [5.74, 6) is 0. The van der Waals surface area contributed by atoms with Crippen LogP contribution in [0.15, 0.2) is 18.2 Å². The van der Waals surface area contributed by atoms with E-state index >= 15 is 0 Å². The summed E-state index contributed by atoms with van der Waals surface area (Å²) in [4.78, 5) is 2.42. The third-order valence-electron chi connectivity index (χ3n) is 3.62. The quantitative estimate of drug-likeness (QED) is 0.704. The van der Waals surface area contributed by atoms with Gasteiger partial charge in [-0.05, 0) is 38.0 Å². The summed E-state index contributed by atoms with van der Waals surface area (Å²) in [6, 6.07) is 6.66. The van der Waals surface area contributed by atoms with Gasteiger partial charge in [-0.2, -0.15) is 0 Å². The van der Waals surface area contributed by atoms with E-state index in [1.54, 1.807) is 7.11 Å². The Kier molecular flexibility index (Phi) is 7.97. The Bertz CT molecular complexity index is 398. The molecule has 0 aromatic heterocycles. The Labute approximate surface area is 128 Å². The number of benzene rings is 1. The fraction of sp³-hybridized carbons (Fsp3) is 0.625. The second kappa shape index (κ2) is 9.22. The fourth-order valence-corrected chi connectivity index (χ4v) is 2.46. The normalized spacial score (nSPS) is 12.4. The smallest absolute Gasteiger partial charge is 0.0587 e. The van der Waals surface area contributed by atoms with E-state index in [4.69, 9.17) is 16.3 Å². The van der Waals surface area contributed by atoms with Gasteiger partial charge in [0.1, 0.15) is 0 Å². The minimum Gasteiger partial charge on any atom is -0.383 e. The van der Waals surface area contributed by atoms with Crippen molar-refractivity contribution in [1.82, 2.24) is 5.32 Å². The lowest BCUT2D eigenvalue weighted by atomic mass is 10.1. The second-order valence-corrected chi connectivity index (χ2v) is 5.42. The molecule has 1 atom stereocenters. The highest BCUT2D eigenvalue weighted by Gasteiger charge is 2.15. The predicted octanol–water partition coefficient (Wildman–Crippen LogP) is 3.70. The van der Waals surface area contributed by atoms with Crippen molar-refractivity contribution in [1.29, 1.82) is 0 Å². The van der Waals surface area contributed by atoms with E-state index in [1.807, 2.05) is 6.07 Å². The highest BCUT2D eigenvalue weighted by Crippen LogP contribution is 2.27. The van der Waals surface area contributed by atoms with Crippen LogP contribution in [-0.2, 0) is 11.3 Å². The first-order valence-corrected chi connectivity index (χ1v) is 7.76. The molecule has 0 radical (unpaired) electrons. The molecule has 3 nitrogen and oxygen atoms in total. The number of ether oxygens (including phenoxy) is 1. The average Bonchev–Trinajstić information content (AvgIpc) is 2.46. The molecule has 20 heavy (non-hydrogen) atoms. The lowest BCUT2D eigenvalue weighted by Crippen LogP contribution is -2.33. The lowest BCUT2D eigenvalue weighted by Gasteiger charge is -2.31. The van der Waals surface area contributed by atoms with Crippen LogP contribution in [0.4, 0.5) is 5.69 Å². The van der Waals surface area contributed by atoms with Gasteiger partial charge in [0, 0.05) is 43.5 Å². The summed E-state index contributed by atoms with van der Waals surface area (Å²) in [5, 5.41) is 4.20. The van der Waals surface area contributed by atoms with Gasteiger partial charge in [-0.3, -0.25) is 0 Å². The molecule has 0 amide bonds. The summed E-state index contributed by atoms with van der Waals surface area (Å²) >= 11 is 6.18. The van der Waals surface area contributed by atoms with Crippen molar-refractivity contribution in [3.63, 3.8) is 0 Å². The van der Waals surface area contributed by atoms with Crippen LogP contribution in [0.2, 0.25) is 5.02 Å². The molecule has 0 spiro atoms. The molecule has 1 aromatic rings. The van der Waals surface area contributed by atoms with E-state index in [9.17, 15) is 0 Å². The first-order valence-electron chi connectivity index (χ1n) is 7.38. The highest BCUT2D eigenvalue weighted by atomic mass is 35.5. The monoisotopic (exact) mass is 298 g/mol. The number of anilines is 1. The summed E-state index contributed by atoms with van der Waals surface area (Å²) < 4.78 is 5.06. The van der Waals surface area contributed by atoms with E-state index < -0.39 is 0 Å². The minimum absolute atomic E-state index is 0.510. The first-order chi connectivity index (χ1) is 9.63. The van der Waals surface area contributed by atoms with Gasteiger partial charge in [0.15, 0.2) is 0 Å². The van der Waals surface area contributed by atoms with Crippen molar-refractivity contribution < 1.29 is 4.74 Å². The summed E-state index contributed by atoms with van der Waals surface area (Å²) in [7, 11) is 1.72. The first kappa shape index (κ1) is 17.3. The molecule has 0 saturated heterocycles. The maximum Gasteiger partial charge on any atom is 0.0587 e. The van der Waals surface area contributed by atoms with Gasteiger partial charge in [-0.25, -0.2) is 0 Å². The number of nitrogens with one attached hydrogen (secondary N) is 1. The van der Waals surface area contributed by atoms with Gasteiger partial charge >= 0.3 is 0 Å². The van der Waals surface area contributed by atoms with Crippen molar-refractivity contribution in [3.8, 4) is 0 Å². The van der Waals surface area contributed by atoms with Crippen molar-refractivity contribution in [2.75, 3.05) is 31.7 Å². The summed E-state index contributed by atoms with van der Waals surface area (Å²) in [6.45, 7) is 10.1. The van der Waals surface area contributed by atoms with Crippen LogP contribution in [0.25, 0.3) is 0 Å². The predicted molar refractivity (Wildman–Crippen MR) is 87.8 cm³/mol. The molecule has 4 heteroatoms. The molecule has 0 aliphatic heterocycles. The van der Waals surface area contributed by atoms with Crippen molar-refractivity contribution in [2.24, 2.45) is 0 Å². The van der Waals surface area contributed by atoms with E-state index in [1.165, 1.54) is 11.3 Å². The molecular weight excluding hydrogens is 272 g/mol. The van der Waals surface area contributed by atoms with Gasteiger partial charge < -0.3 is 15.0 Å². The van der Waals surface area contributed by atoms with Crippen molar-refractivity contribution in [2.45, 2.75) is 39.8 Å². The van der Waals surface area contributed by atoms with E-state index in [0.717, 1.165) is 37.7 Å². The maximum absolute atomic E-state index is 6.18. The van der Waals surface area contributed by atoms with Gasteiger partial charge in [0.2, 0.25) is 0 Å². The second-order valence-electron chi connectivity index (χ2n) is 4.99. The van der Waals surface area contributed by atoms with Crippen molar-refractivity contribution >= 4 is 17.3 Å². The molecule has 1 unspecified atom stereocenters. The Morgan fingerprint density at radius 2 is 2.10 bits per heavy atom. The van der Waals surface area contributed by atoms with Crippen molar-refractivity contribution in [3.05, 3.63) is 28.8 Å². The SMILES string of the molecule is CCC(C)N(CC)c1cc(Cl)ccc1CNCCOC. The number of methoxy groups -OCH3 is 1. The Morgan fingerprint density at radius 3 is 2.70 bits per heavy atom. The summed E-state index contributed by atoms with van der Waals surface area (Å²) in [5.41, 5.74) is 2.52. The number of nitrogens with zero attached hydrogens (tertiary/aromatic N) is 1. The molecule has 114 valence electrons. The number of hydrogen-bond acceptors (Lipinski definition) is 3. The van der Waals surface area contributed by atoms with E-state index in [2.05, 4.69) is 43.1 Å². The van der Waals surface area contributed by atoms with Gasteiger partial charge in [-0.1, -0.05) is 24.6 Å². The lowest BCUT2D eigenvalue weighted by molar-refractivity contribution is 0.199. The molecule has 1 aromatic carbocycles. The van der Waals surface area contributed by atoms with E-state index in [-0.39, 0.29) is 0 Å². The zero-order valence-electron chi connectivity index (χ0n) is 13.1. The number of halogens is 1. The molecule has 1 N–H and O–H groups in total. The number of rotatable bonds is 9. The van der Waals surface area contributed by atoms with Gasteiger partial charge in [0.05, 0.1) is 6.61 Å². The highest BCUT2D eigenvalue weighted by molar-refractivity contribution is 6.30. The van der Waals surface area contributed by atoms with Crippen LogP contribution in [0.3, 0.4) is 0 Å². The van der Waals surface area contributed by atoms with Gasteiger partial charge in [0.25, 0.3) is 0 Å². The van der Waals surface area contributed by atoms with Crippen LogP contribution in [0.1, 0.15) is 32.8 Å². The largest absolute Gasteiger partial charge is 0.383 e. The molecule has 0 fully saturated rings. The molecule has 0 heterocycles. The molecule has 0 saturated carbocycles. The van der Waals surface area contributed by atoms with Crippen LogP contribution < -0.4 is 10.2 Å².